The summed E-state index contributed by atoms with van der Waals surface area (Å²) in [5.74, 6) is 0.0919. The van der Waals surface area contributed by atoms with Gasteiger partial charge < -0.3 is 4.90 Å². The first-order chi connectivity index (χ1) is 12.6. The molecule has 5 nitrogen and oxygen atoms in total. The number of carbonyl (C=O) groups is 1. The molecular formula is C21H21N3O2. The number of nitrogens with zero attached hydrogens (tertiary/aromatic N) is 3. The maximum Gasteiger partial charge on any atom is 0.229 e. The highest BCUT2D eigenvalue weighted by Gasteiger charge is 2.27. The quantitative estimate of drug-likeness (QED) is 0.731. The van der Waals surface area contributed by atoms with Crippen molar-refractivity contribution in [1.82, 2.24) is 9.78 Å². The number of anilines is 1. The Bertz CT molecular complexity index is 1020. The molecule has 1 aliphatic rings. The summed E-state index contributed by atoms with van der Waals surface area (Å²) in [6, 6.07) is 15.7. The molecule has 1 atom stereocenters. The third kappa shape index (κ3) is 2.90. The summed E-state index contributed by atoms with van der Waals surface area (Å²) in [6.07, 6.45) is 3.65. The molecule has 2 aromatic carbocycles. The van der Waals surface area contributed by atoms with Crippen molar-refractivity contribution in [2.45, 2.75) is 38.8 Å². The highest BCUT2D eigenvalue weighted by atomic mass is 16.2. The summed E-state index contributed by atoms with van der Waals surface area (Å²) in [5.41, 5.74) is 2.92. The van der Waals surface area contributed by atoms with Gasteiger partial charge in [0.2, 0.25) is 11.3 Å². The Kier molecular flexibility index (Phi) is 4.29. The number of hydrogen-bond donors (Lipinski definition) is 0. The lowest BCUT2D eigenvalue weighted by molar-refractivity contribution is -0.119. The van der Waals surface area contributed by atoms with Gasteiger partial charge in [-0.3, -0.25) is 14.3 Å². The van der Waals surface area contributed by atoms with E-state index in [0.29, 0.717) is 18.4 Å². The SMILES string of the molecule is C[C@@H]1CCc2ccccc2N1C(=O)CCn1ncc(=O)c2ccccc21. The molecular weight excluding hydrogens is 326 g/mol. The van der Waals surface area contributed by atoms with Crippen molar-refractivity contribution < 1.29 is 4.79 Å². The number of benzene rings is 2. The third-order valence-electron chi connectivity index (χ3n) is 5.09. The van der Waals surface area contributed by atoms with Gasteiger partial charge in [0.25, 0.3) is 0 Å². The van der Waals surface area contributed by atoms with Gasteiger partial charge in [-0.15, -0.1) is 0 Å². The van der Waals surface area contributed by atoms with E-state index >= 15 is 0 Å². The smallest absolute Gasteiger partial charge is 0.229 e. The van der Waals surface area contributed by atoms with E-state index in [0.717, 1.165) is 24.0 Å². The van der Waals surface area contributed by atoms with Crippen molar-refractivity contribution >= 4 is 22.5 Å². The van der Waals surface area contributed by atoms with Gasteiger partial charge in [-0.2, -0.15) is 5.10 Å². The predicted octanol–water partition coefficient (Wildman–Crippen LogP) is 3.15. The summed E-state index contributed by atoms with van der Waals surface area (Å²) >= 11 is 0. The van der Waals surface area contributed by atoms with Crippen LogP contribution in [0.15, 0.2) is 59.5 Å². The van der Waals surface area contributed by atoms with Gasteiger partial charge in [-0.05, 0) is 43.5 Å². The first kappa shape index (κ1) is 16.5. The van der Waals surface area contributed by atoms with Gasteiger partial charge in [-0.25, -0.2) is 0 Å². The number of rotatable bonds is 3. The number of amides is 1. The third-order valence-corrected chi connectivity index (χ3v) is 5.09. The van der Waals surface area contributed by atoms with E-state index in [1.165, 1.54) is 11.8 Å². The van der Waals surface area contributed by atoms with Crippen molar-refractivity contribution in [3.8, 4) is 0 Å². The average Bonchev–Trinajstić information content (AvgIpc) is 2.67. The number of hydrogen-bond acceptors (Lipinski definition) is 3. The molecule has 132 valence electrons. The van der Waals surface area contributed by atoms with E-state index in [4.69, 9.17) is 0 Å². The normalized spacial score (nSPS) is 16.5. The average molecular weight is 347 g/mol. The van der Waals surface area contributed by atoms with Gasteiger partial charge in [0.1, 0.15) is 0 Å². The summed E-state index contributed by atoms with van der Waals surface area (Å²) in [5, 5.41) is 4.85. The maximum atomic E-state index is 13.0. The molecule has 0 radical (unpaired) electrons. The molecule has 1 aromatic heterocycles. The summed E-state index contributed by atoms with van der Waals surface area (Å²) in [6.45, 7) is 2.55. The molecule has 0 bridgehead atoms. The fourth-order valence-corrected chi connectivity index (χ4v) is 3.73. The van der Waals surface area contributed by atoms with Crippen LogP contribution in [0.5, 0.6) is 0 Å². The monoisotopic (exact) mass is 347 g/mol. The number of aromatic nitrogens is 2. The summed E-state index contributed by atoms with van der Waals surface area (Å²) < 4.78 is 1.75. The predicted molar refractivity (Wildman–Crippen MR) is 102 cm³/mol. The molecule has 0 N–H and O–H groups in total. The van der Waals surface area contributed by atoms with Gasteiger partial charge in [0, 0.05) is 23.5 Å². The zero-order chi connectivity index (χ0) is 18.1. The molecule has 1 aliphatic heterocycles. The minimum absolute atomic E-state index is 0.0919. The molecule has 0 saturated heterocycles. The van der Waals surface area contributed by atoms with Crippen molar-refractivity contribution in [2.75, 3.05) is 4.90 Å². The van der Waals surface area contributed by atoms with Crippen LogP contribution in [0.3, 0.4) is 0 Å². The fourth-order valence-electron chi connectivity index (χ4n) is 3.73. The Morgan fingerprint density at radius 1 is 1.15 bits per heavy atom. The van der Waals surface area contributed by atoms with E-state index in [1.54, 1.807) is 10.7 Å². The second kappa shape index (κ2) is 6.75. The van der Waals surface area contributed by atoms with Gasteiger partial charge >= 0.3 is 0 Å². The minimum Gasteiger partial charge on any atom is -0.309 e. The lowest BCUT2D eigenvalue weighted by atomic mass is 9.96. The van der Waals surface area contributed by atoms with Crippen LogP contribution in [0.2, 0.25) is 0 Å². The van der Waals surface area contributed by atoms with Crippen LogP contribution in [0.4, 0.5) is 5.69 Å². The van der Waals surface area contributed by atoms with Crippen molar-refractivity contribution in [1.29, 1.82) is 0 Å². The second-order valence-electron chi connectivity index (χ2n) is 6.78. The van der Waals surface area contributed by atoms with E-state index in [1.807, 2.05) is 41.3 Å². The maximum absolute atomic E-state index is 13.0. The van der Waals surface area contributed by atoms with E-state index < -0.39 is 0 Å². The molecule has 1 amide bonds. The molecule has 26 heavy (non-hydrogen) atoms. The minimum atomic E-state index is -0.0956. The van der Waals surface area contributed by atoms with Crippen LogP contribution in [-0.2, 0) is 17.8 Å². The Balaban J connectivity index is 1.59. The standard InChI is InChI=1S/C21H21N3O2/c1-15-10-11-16-6-2-4-8-18(16)24(15)21(26)12-13-23-19-9-5-3-7-17(19)20(25)14-22-23/h2-9,14-15H,10-13H2,1H3/t15-/m1/s1. The molecule has 5 heteroatoms. The van der Waals surface area contributed by atoms with Crippen LogP contribution in [-0.4, -0.2) is 21.7 Å². The van der Waals surface area contributed by atoms with Crippen molar-refractivity contribution in [3.05, 3.63) is 70.5 Å². The lowest BCUT2D eigenvalue weighted by Gasteiger charge is -2.35. The summed E-state index contributed by atoms with van der Waals surface area (Å²) in [4.78, 5) is 26.8. The van der Waals surface area contributed by atoms with Crippen molar-refractivity contribution in [2.24, 2.45) is 0 Å². The fraction of sp³-hybridized carbons (Fsp3) is 0.286. The molecule has 0 fully saturated rings. The Hall–Kier alpha value is -2.95. The lowest BCUT2D eigenvalue weighted by Crippen LogP contribution is -2.42. The zero-order valence-electron chi connectivity index (χ0n) is 14.8. The number of para-hydroxylation sites is 2. The Morgan fingerprint density at radius 3 is 2.81 bits per heavy atom. The summed E-state index contributed by atoms with van der Waals surface area (Å²) in [7, 11) is 0. The number of fused-ring (bicyclic) bond motifs is 2. The van der Waals surface area contributed by atoms with Crippen LogP contribution in [0.25, 0.3) is 10.9 Å². The first-order valence-electron chi connectivity index (χ1n) is 9.00. The van der Waals surface area contributed by atoms with E-state index in [-0.39, 0.29) is 17.4 Å². The van der Waals surface area contributed by atoms with Gasteiger partial charge in [0.05, 0.1) is 18.3 Å². The van der Waals surface area contributed by atoms with Crippen LogP contribution in [0, 0.1) is 0 Å². The highest BCUT2D eigenvalue weighted by molar-refractivity contribution is 5.95. The van der Waals surface area contributed by atoms with Crippen molar-refractivity contribution in [3.63, 3.8) is 0 Å². The van der Waals surface area contributed by atoms with E-state index in [2.05, 4.69) is 18.1 Å². The van der Waals surface area contributed by atoms with E-state index in [9.17, 15) is 9.59 Å². The number of carbonyl (C=O) groups excluding carboxylic acids is 1. The Morgan fingerprint density at radius 2 is 1.92 bits per heavy atom. The molecule has 2 heterocycles. The molecule has 4 rings (SSSR count). The molecule has 3 aromatic rings. The number of aryl methyl sites for hydroxylation is 2. The van der Waals surface area contributed by atoms with Crippen LogP contribution >= 0.6 is 0 Å². The van der Waals surface area contributed by atoms with Crippen LogP contribution < -0.4 is 10.3 Å². The topological polar surface area (TPSA) is 55.2 Å². The first-order valence-corrected chi connectivity index (χ1v) is 9.00. The van der Waals surface area contributed by atoms with Crippen LogP contribution in [0.1, 0.15) is 25.3 Å². The second-order valence-corrected chi connectivity index (χ2v) is 6.78. The Labute approximate surface area is 151 Å². The van der Waals surface area contributed by atoms with Gasteiger partial charge in [0.15, 0.2) is 0 Å². The molecule has 0 aliphatic carbocycles. The van der Waals surface area contributed by atoms with Gasteiger partial charge in [-0.1, -0.05) is 30.3 Å². The molecule has 0 unspecified atom stereocenters. The molecule has 0 spiro atoms. The largest absolute Gasteiger partial charge is 0.309 e. The highest BCUT2D eigenvalue weighted by Crippen LogP contribution is 2.31. The molecule has 0 saturated carbocycles. The zero-order valence-corrected chi connectivity index (χ0v) is 14.8.